The molecule has 0 unspecified atom stereocenters. The Labute approximate surface area is 82.1 Å². The monoisotopic (exact) mass is 219 g/mol. The summed E-state index contributed by atoms with van der Waals surface area (Å²) in [6.45, 7) is 0.194. The van der Waals surface area contributed by atoms with E-state index in [9.17, 15) is 8.42 Å². The topological polar surface area (TPSA) is 116 Å². The lowest BCUT2D eigenvalue weighted by Gasteiger charge is -2.01. The maximum atomic E-state index is 10.6. The fraction of sp³-hybridized carbons (Fsp3) is 0.500. The zero-order valence-electron chi connectivity index (χ0n) is 7.77. The first-order valence-electron chi connectivity index (χ1n) is 3.92. The molecule has 0 aliphatic carbocycles. The lowest BCUT2D eigenvalue weighted by atomic mass is 10.5. The van der Waals surface area contributed by atoms with Gasteiger partial charge in [0.1, 0.15) is 0 Å². The van der Waals surface area contributed by atoms with Gasteiger partial charge in [0.15, 0.2) is 5.82 Å². The summed E-state index contributed by atoms with van der Waals surface area (Å²) in [4.78, 5) is 0. The molecule has 1 aromatic heterocycles. The van der Waals surface area contributed by atoms with Gasteiger partial charge in [-0.15, -0.1) is 0 Å². The molecule has 0 saturated heterocycles. The Balaban J connectivity index is 2.50. The van der Waals surface area contributed by atoms with E-state index in [1.54, 1.807) is 13.2 Å². The van der Waals surface area contributed by atoms with Crippen LogP contribution in [0.15, 0.2) is 6.20 Å². The smallest absolute Gasteiger partial charge is 0.210 e. The number of rotatable bonds is 4. The van der Waals surface area contributed by atoms with E-state index in [0.29, 0.717) is 11.5 Å². The van der Waals surface area contributed by atoms with Gasteiger partial charge in [-0.25, -0.2) is 13.6 Å². The Morgan fingerprint density at radius 3 is 2.71 bits per heavy atom. The van der Waals surface area contributed by atoms with Crippen molar-refractivity contribution in [2.75, 3.05) is 23.3 Å². The third kappa shape index (κ3) is 3.23. The predicted octanol–water partition coefficient (Wildman–Crippen LogP) is -1.30. The van der Waals surface area contributed by atoms with Gasteiger partial charge in [0.05, 0.1) is 11.4 Å². The molecular formula is C6H13N5O2S. The normalized spacial score (nSPS) is 11.6. The average Bonchev–Trinajstić information content (AvgIpc) is 2.27. The molecule has 0 amide bonds. The number of anilines is 2. The summed E-state index contributed by atoms with van der Waals surface area (Å²) < 4.78 is 22.7. The zero-order chi connectivity index (χ0) is 10.8. The molecule has 0 saturated carbocycles. The maximum absolute atomic E-state index is 10.6. The van der Waals surface area contributed by atoms with Crippen molar-refractivity contribution in [3.05, 3.63) is 6.20 Å². The summed E-state index contributed by atoms with van der Waals surface area (Å²) in [7, 11) is -1.71. The summed E-state index contributed by atoms with van der Waals surface area (Å²) in [5.41, 5.74) is 6.04. The van der Waals surface area contributed by atoms with Crippen LogP contribution < -0.4 is 16.2 Å². The molecule has 0 fully saturated rings. The van der Waals surface area contributed by atoms with Gasteiger partial charge in [-0.05, 0) is 0 Å². The third-order valence-electron chi connectivity index (χ3n) is 1.54. The van der Waals surface area contributed by atoms with Crippen molar-refractivity contribution in [3.63, 3.8) is 0 Å². The van der Waals surface area contributed by atoms with Gasteiger partial charge in [0.25, 0.3) is 0 Å². The molecule has 0 aliphatic rings. The highest BCUT2D eigenvalue weighted by molar-refractivity contribution is 7.89. The summed E-state index contributed by atoms with van der Waals surface area (Å²) in [6.07, 6.45) is 1.62. The van der Waals surface area contributed by atoms with Gasteiger partial charge in [0, 0.05) is 19.8 Å². The second-order valence-electron chi connectivity index (χ2n) is 2.90. The first-order valence-corrected chi connectivity index (χ1v) is 5.63. The van der Waals surface area contributed by atoms with Gasteiger partial charge in [-0.2, -0.15) is 5.10 Å². The van der Waals surface area contributed by atoms with Crippen molar-refractivity contribution < 1.29 is 8.42 Å². The van der Waals surface area contributed by atoms with Crippen LogP contribution in [0.4, 0.5) is 11.5 Å². The molecule has 1 rings (SSSR count). The SMILES string of the molecule is Cn1cc(N)c(NCCS(N)(=O)=O)n1. The number of hydrogen-bond donors (Lipinski definition) is 3. The van der Waals surface area contributed by atoms with Crippen molar-refractivity contribution in [1.29, 1.82) is 0 Å². The quantitative estimate of drug-likeness (QED) is 0.582. The highest BCUT2D eigenvalue weighted by Crippen LogP contribution is 2.13. The van der Waals surface area contributed by atoms with E-state index in [-0.39, 0.29) is 12.3 Å². The first-order chi connectivity index (χ1) is 6.38. The molecule has 1 heterocycles. The van der Waals surface area contributed by atoms with Crippen molar-refractivity contribution in [2.24, 2.45) is 12.2 Å². The first kappa shape index (κ1) is 10.8. The van der Waals surface area contributed by atoms with Crippen LogP contribution in [-0.2, 0) is 17.1 Å². The predicted molar refractivity (Wildman–Crippen MR) is 54.1 cm³/mol. The number of aromatic nitrogens is 2. The molecule has 1 aromatic rings. The number of nitrogens with two attached hydrogens (primary N) is 2. The minimum Gasteiger partial charge on any atom is -0.394 e. The molecule has 0 atom stereocenters. The minimum absolute atomic E-state index is 0.150. The van der Waals surface area contributed by atoms with Crippen LogP contribution in [0.1, 0.15) is 0 Å². The van der Waals surface area contributed by atoms with E-state index in [0.717, 1.165) is 0 Å². The molecule has 0 aliphatic heterocycles. The van der Waals surface area contributed by atoms with Gasteiger partial charge >= 0.3 is 0 Å². The number of primary sulfonamides is 1. The molecule has 14 heavy (non-hydrogen) atoms. The summed E-state index contributed by atoms with van der Waals surface area (Å²) in [5, 5.41) is 11.6. The fourth-order valence-corrected chi connectivity index (χ4v) is 1.34. The Morgan fingerprint density at radius 1 is 1.64 bits per heavy atom. The largest absolute Gasteiger partial charge is 0.394 e. The number of hydrogen-bond acceptors (Lipinski definition) is 5. The standard InChI is InChI=1S/C6H13N5O2S/c1-11-4-5(7)6(10-11)9-2-3-14(8,12)13/h4H,2-3,7H2,1H3,(H,9,10)(H2,8,12,13). The lowest BCUT2D eigenvalue weighted by Crippen LogP contribution is -2.22. The van der Waals surface area contributed by atoms with Crippen LogP contribution >= 0.6 is 0 Å². The van der Waals surface area contributed by atoms with Gasteiger partial charge < -0.3 is 11.1 Å². The lowest BCUT2D eigenvalue weighted by molar-refractivity contribution is 0.598. The minimum atomic E-state index is -3.44. The summed E-state index contributed by atoms with van der Waals surface area (Å²) >= 11 is 0. The molecule has 80 valence electrons. The van der Waals surface area contributed by atoms with Gasteiger partial charge in [-0.3, -0.25) is 4.68 Å². The van der Waals surface area contributed by atoms with Crippen molar-refractivity contribution in [2.45, 2.75) is 0 Å². The number of sulfonamides is 1. The number of nitrogen functional groups attached to an aromatic ring is 1. The van der Waals surface area contributed by atoms with E-state index >= 15 is 0 Å². The number of nitrogens with zero attached hydrogens (tertiary/aromatic N) is 2. The Morgan fingerprint density at radius 2 is 2.29 bits per heavy atom. The van der Waals surface area contributed by atoms with Crippen LogP contribution in [0, 0.1) is 0 Å². The van der Waals surface area contributed by atoms with Crippen molar-refractivity contribution >= 4 is 21.5 Å². The van der Waals surface area contributed by atoms with Crippen LogP contribution in [0.25, 0.3) is 0 Å². The molecule has 0 spiro atoms. The molecular weight excluding hydrogens is 206 g/mol. The zero-order valence-corrected chi connectivity index (χ0v) is 8.58. The Bertz CT molecular complexity index is 410. The van der Waals surface area contributed by atoms with E-state index < -0.39 is 10.0 Å². The van der Waals surface area contributed by atoms with Crippen LogP contribution in [0.3, 0.4) is 0 Å². The van der Waals surface area contributed by atoms with E-state index in [1.807, 2.05) is 0 Å². The summed E-state index contributed by atoms with van der Waals surface area (Å²) in [6, 6.07) is 0. The van der Waals surface area contributed by atoms with Gasteiger partial charge in [0.2, 0.25) is 10.0 Å². The van der Waals surface area contributed by atoms with Crippen LogP contribution in [0.2, 0.25) is 0 Å². The molecule has 0 bridgehead atoms. The maximum Gasteiger partial charge on any atom is 0.210 e. The third-order valence-corrected chi connectivity index (χ3v) is 2.31. The van der Waals surface area contributed by atoms with Crippen molar-refractivity contribution in [3.8, 4) is 0 Å². The van der Waals surface area contributed by atoms with Crippen LogP contribution in [0.5, 0.6) is 0 Å². The van der Waals surface area contributed by atoms with E-state index in [4.69, 9.17) is 10.9 Å². The molecule has 0 radical (unpaired) electrons. The molecule has 0 aromatic carbocycles. The molecule has 8 heteroatoms. The highest BCUT2D eigenvalue weighted by atomic mass is 32.2. The molecule has 5 N–H and O–H groups in total. The Kier molecular flexibility index (Phi) is 2.96. The van der Waals surface area contributed by atoms with Crippen LogP contribution in [-0.4, -0.2) is 30.5 Å². The van der Waals surface area contributed by atoms with Gasteiger partial charge in [-0.1, -0.05) is 0 Å². The number of nitrogens with one attached hydrogen (secondary N) is 1. The highest BCUT2D eigenvalue weighted by Gasteiger charge is 2.05. The Hall–Kier alpha value is -1.28. The van der Waals surface area contributed by atoms with E-state index in [2.05, 4.69) is 10.4 Å². The van der Waals surface area contributed by atoms with Crippen molar-refractivity contribution in [1.82, 2.24) is 9.78 Å². The second-order valence-corrected chi connectivity index (χ2v) is 4.63. The second kappa shape index (κ2) is 3.84. The number of aryl methyl sites for hydroxylation is 1. The summed E-state index contributed by atoms with van der Waals surface area (Å²) in [5.74, 6) is 0.319. The van der Waals surface area contributed by atoms with E-state index in [1.165, 1.54) is 4.68 Å². The fourth-order valence-electron chi connectivity index (χ4n) is 0.956. The average molecular weight is 219 g/mol. The molecule has 7 nitrogen and oxygen atoms in total.